The van der Waals surface area contributed by atoms with Crippen LogP contribution in [0.15, 0.2) is 140 Å². The van der Waals surface area contributed by atoms with Gasteiger partial charge in [0.1, 0.15) is 51.4 Å². The summed E-state index contributed by atoms with van der Waals surface area (Å²) >= 11 is 23.6. The highest BCUT2D eigenvalue weighted by Gasteiger charge is 2.10. The Morgan fingerprint density at radius 2 is 1.05 bits per heavy atom. The molecule has 386 valence electrons. The Balaban J connectivity index is 0.000000207. The number of rotatable bonds is 2. The predicted octanol–water partition coefficient (Wildman–Crippen LogP) is 11.6. The van der Waals surface area contributed by atoms with Crippen LogP contribution in [-0.2, 0) is 0 Å². The van der Waals surface area contributed by atoms with Crippen molar-refractivity contribution in [2.24, 2.45) is 0 Å². The van der Waals surface area contributed by atoms with Crippen LogP contribution in [0.4, 0.5) is 29.2 Å². The van der Waals surface area contributed by atoms with Gasteiger partial charge >= 0.3 is 0 Å². The standard InChI is InChI=1S/C17H8ClFN4.C10H4ClFIN3.C7H3F2N.C7H5N.C3H2ClIN2.C3H4IN3.C3H5N3/c18-17-13(4-5-15-3-1-2-6-21-15)11-23(22-17)16-8-12(10-20)7-14(19)9-16;11-10-9(13)5-16(15-10)8-2-6(4-14)1-7(12)3-8;8-6-1-5(4-10)2-7(9)3-6;1-2-7-5-3-4-6-8-7;4-3-2(5)1-6-7-3;4-2-1-6-7-3(2)5;4-3-1-2-5-6-3/h1-3,6-9,11H;1-3,5H;1-3H;1,3-6H;1H,(H,6,7);1H,(H3,5,6,7);1-2H,(H3,4,5,6). The minimum Gasteiger partial charge on any atom is -0.384 e. The number of pyridine rings is 2. The number of hydrogen-bond donors (Lipinski definition) is 5. The second-order valence-electron chi connectivity index (χ2n) is 13.9. The monoisotopic (exact) mass is 1430 g/mol. The summed E-state index contributed by atoms with van der Waals surface area (Å²) in [4.78, 5) is 7.95. The van der Waals surface area contributed by atoms with Gasteiger partial charge in [-0.15, -0.1) is 6.42 Å². The molecule has 17 nitrogen and oxygen atoms in total. The van der Waals surface area contributed by atoms with Gasteiger partial charge in [-0.2, -0.15) is 41.3 Å². The summed E-state index contributed by atoms with van der Waals surface area (Å²) in [5.41, 5.74) is 13.6. The summed E-state index contributed by atoms with van der Waals surface area (Å²) in [5, 5.41) is 53.7. The number of nitrogens with one attached hydrogen (secondary N) is 3. The van der Waals surface area contributed by atoms with Crippen LogP contribution >= 0.6 is 103 Å². The van der Waals surface area contributed by atoms with Gasteiger partial charge in [-0.1, -0.05) is 58.8 Å². The average Bonchev–Trinajstić information content (AvgIpc) is 4.29. The van der Waals surface area contributed by atoms with Crippen molar-refractivity contribution in [1.82, 2.24) is 60.1 Å². The van der Waals surface area contributed by atoms with Crippen LogP contribution in [0, 0.1) is 92.2 Å². The molecule has 0 saturated heterocycles. The molecule has 7 heterocycles. The molecular weight excluding hydrogens is 1400 g/mol. The molecule has 0 amide bonds. The second-order valence-corrected chi connectivity index (χ2v) is 18.5. The summed E-state index contributed by atoms with van der Waals surface area (Å²) in [6.45, 7) is 0. The van der Waals surface area contributed by atoms with Crippen molar-refractivity contribution in [2.45, 2.75) is 0 Å². The lowest BCUT2D eigenvalue weighted by Crippen LogP contribution is -1.96. The van der Waals surface area contributed by atoms with E-state index in [1.165, 1.54) is 33.6 Å². The van der Waals surface area contributed by atoms with E-state index in [4.69, 9.17) is 68.5 Å². The summed E-state index contributed by atoms with van der Waals surface area (Å²) in [6, 6.07) is 28.6. The molecule has 0 radical (unpaired) electrons. The Morgan fingerprint density at radius 3 is 1.40 bits per heavy atom. The van der Waals surface area contributed by atoms with Gasteiger partial charge in [0.25, 0.3) is 0 Å². The first kappa shape index (κ1) is 61.5. The number of H-pyrrole nitrogens is 3. The van der Waals surface area contributed by atoms with Gasteiger partial charge in [-0.05, 0) is 153 Å². The number of terminal acetylenes is 1. The van der Waals surface area contributed by atoms with E-state index in [0.29, 0.717) is 50.3 Å². The number of nitrogens with two attached hydrogens (primary N) is 2. The van der Waals surface area contributed by atoms with E-state index in [1.54, 1.807) is 79.8 Å². The fourth-order valence-corrected chi connectivity index (χ4v) is 6.31. The highest BCUT2D eigenvalue weighted by Crippen LogP contribution is 2.21. The Hall–Kier alpha value is -8.02. The van der Waals surface area contributed by atoms with Gasteiger partial charge in [0.15, 0.2) is 10.3 Å². The van der Waals surface area contributed by atoms with Crippen molar-refractivity contribution >= 4 is 114 Å². The molecular formula is C50H31Cl3F4I3N17. The number of aromatic nitrogens is 12. The maximum atomic E-state index is 13.5. The number of nitrogen functional groups attached to an aromatic ring is 2. The number of anilines is 2. The highest BCUT2D eigenvalue weighted by atomic mass is 127. The van der Waals surface area contributed by atoms with E-state index in [2.05, 4.69) is 114 Å². The smallest absolute Gasteiger partial charge is 0.167 e. The van der Waals surface area contributed by atoms with Crippen LogP contribution in [0.3, 0.4) is 0 Å². The lowest BCUT2D eigenvalue weighted by molar-refractivity contribution is 0.582. The summed E-state index contributed by atoms with van der Waals surface area (Å²) in [6.07, 6.45) is 16.6. The Bertz CT molecular complexity index is 3610. The fourth-order valence-electron chi connectivity index (χ4n) is 5.01. The Kier molecular flexibility index (Phi) is 25.9. The molecule has 77 heavy (non-hydrogen) atoms. The molecule has 0 aliphatic rings. The van der Waals surface area contributed by atoms with Gasteiger partial charge in [0.2, 0.25) is 0 Å². The third-order valence-corrected chi connectivity index (χ3v) is 12.3. The number of benzene rings is 3. The maximum Gasteiger partial charge on any atom is 0.167 e. The van der Waals surface area contributed by atoms with E-state index >= 15 is 0 Å². The SMILES string of the molecule is C#Cc1ccccn1.Clc1[nH]ncc1I.N#Cc1cc(F)cc(-n2cc(C#Cc3ccccn3)c(Cl)n2)c1.N#Cc1cc(F)cc(-n2cc(I)c(Cl)n2)c1.N#Cc1cc(F)cc(F)c1.Nc1[nH]ncc1I.Nc1ccn[nH]1. The van der Waals surface area contributed by atoms with Crippen LogP contribution in [-0.4, -0.2) is 60.1 Å². The van der Waals surface area contributed by atoms with Crippen molar-refractivity contribution in [3.63, 3.8) is 0 Å². The molecule has 0 unspecified atom stereocenters. The normalized spacial score (nSPS) is 9.38. The quantitative estimate of drug-likeness (QED) is 0.0614. The first-order valence-corrected chi connectivity index (χ1v) is 25.1. The lowest BCUT2D eigenvalue weighted by atomic mass is 10.2. The van der Waals surface area contributed by atoms with Crippen molar-refractivity contribution in [3.05, 3.63) is 224 Å². The second kappa shape index (κ2) is 32.4. The molecule has 3 aromatic carbocycles. The van der Waals surface area contributed by atoms with Gasteiger partial charge in [0.05, 0.1) is 81.1 Å². The van der Waals surface area contributed by atoms with E-state index in [0.717, 1.165) is 35.0 Å². The van der Waals surface area contributed by atoms with Crippen LogP contribution < -0.4 is 11.5 Å². The first-order valence-electron chi connectivity index (χ1n) is 20.7. The number of hydrogen-bond acceptors (Lipinski definition) is 12. The highest BCUT2D eigenvalue weighted by molar-refractivity contribution is 14.1. The topological polar surface area (TPSA) is 271 Å². The zero-order valence-corrected chi connectivity index (χ0v) is 47.4. The largest absolute Gasteiger partial charge is 0.384 e. The third kappa shape index (κ3) is 22.0. The van der Waals surface area contributed by atoms with Gasteiger partial charge in [-0.3, -0.25) is 15.3 Å². The fraction of sp³-hybridized carbons (Fsp3) is 0. The van der Waals surface area contributed by atoms with Crippen molar-refractivity contribution in [2.75, 3.05) is 11.5 Å². The lowest BCUT2D eigenvalue weighted by Gasteiger charge is -2.01. The summed E-state index contributed by atoms with van der Waals surface area (Å²) in [5.74, 6) is 6.96. The summed E-state index contributed by atoms with van der Waals surface area (Å²) in [7, 11) is 0. The summed E-state index contributed by atoms with van der Waals surface area (Å²) < 4.78 is 56.7. The Labute approximate surface area is 492 Å². The predicted molar refractivity (Wildman–Crippen MR) is 308 cm³/mol. The van der Waals surface area contributed by atoms with Crippen LogP contribution in [0.25, 0.3) is 11.4 Å². The molecule has 0 atom stereocenters. The molecule has 27 heteroatoms. The number of halogens is 10. The number of nitrogens with zero attached hydrogens (tertiary/aromatic N) is 12. The molecule has 0 spiro atoms. The minimum absolute atomic E-state index is 0.00231. The first-order chi connectivity index (χ1) is 36.9. The Morgan fingerprint density at radius 1 is 0.545 bits per heavy atom. The molecule has 0 aliphatic carbocycles. The average molecular weight is 1430 g/mol. The molecule has 7 aromatic heterocycles. The van der Waals surface area contributed by atoms with Crippen molar-refractivity contribution in [3.8, 4) is 53.8 Å². The maximum absolute atomic E-state index is 13.5. The van der Waals surface area contributed by atoms with Gasteiger partial charge < -0.3 is 11.5 Å². The van der Waals surface area contributed by atoms with E-state index in [1.807, 2.05) is 52.9 Å². The third-order valence-electron chi connectivity index (χ3n) is 8.34. The van der Waals surface area contributed by atoms with Crippen LogP contribution in [0.2, 0.25) is 15.5 Å². The molecule has 0 saturated carbocycles. The van der Waals surface area contributed by atoms with Crippen molar-refractivity contribution < 1.29 is 17.6 Å². The van der Waals surface area contributed by atoms with Gasteiger partial charge in [0, 0.05) is 30.9 Å². The van der Waals surface area contributed by atoms with Crippen LogP contribution in [0.5, 0.6) is 0 Å². The number of nitriles is 3. The van der Waals surface area contributed by atoms with Crippen LogP contribution in [0.1, 0.15) is 33.6 Å². The molecule has 0 fully saturated rings. The van der Waals surface area contributed by atoms with Crippen molar-refractivity contribution in [1.29, 1.82) is 15.8 Å². The molecule has 7 N–H and O–H groups in total. The van der Waals surface area contributed by atoms with E-state index in [9.17, 15) is 17.6 Å². The molecule has 10 aromatic rings. The zero-order chi connectivity index (χ0) is 56.3. The van der Waals surface area contributed by atoms with Gasteiger partial charge in [-0.25, -0.2) is 36.9 Å². The molecule has 0 aliphatic heterocycles. The van der Waals surface area contributed by atoms with E-state index in [-0.39, 0.29) is 21.8 Å². The minimum atomic E-state index is -0.725. The molecule has 0 bridgehead atoms. The molecule has 10 rings (SSSR count). The number of aromatic amines is 3. The zero-order valence-electron chi connectivity index (χ0n) is 38.7. The van der Waals surface area contributed by atoms with E-state index < -0.39 is 23.3 Å².